The molecule has 0 amide bonds. The number of thiophene rings is 2. The van der Waals surface area contributed by atoms with Crippen molar-refractivity contribution in [1.82, 2.24) is 39.0 Å². The first kappa shape index (κ1) is 68.0. The number of para-hydroxylation sites is 5. The van der Waals surface area contributed by atoms with Crippen LogP contribution in [0.25, 0.3) is 240 Å². The van der Waals surface area contributed by atoms with Gasteiger partial charge in [0, 0.05) is 106 Å². The maximum Gasteiger partial charge on any atom is 0.166 e. The van der Waals surface area contributed by atoms with Crippen LogP contribution < -0.4 is 0 Å². The molecule has 0 spiro atoms. The Hall–Kier alpha value is -15.4. The molecule has 0 bridgehead atoms. The summed E-state index contributed by atoms with van der Waals surface area (Å²) in [6.45, 7) is 0. The third kappa shape index (κ3) is 11.1. The van der Waals surface area contributed by atoms with Crippen molar-refractivity contribution in [2.75, 3.05) is 0 Å². The van der Waals surface area contributed by atoms with Gasteiger partial charge in [-0.15, -0.1) is 22.7 Å². The van der Waals surface area contributed by atoms with Gasteiger partial charge in [0.2, 0.25) is 0 Å². The van der Waals surface area contributed by atoms with Gasteiger partial charge in [0.1, 0.15) is 11.2 Å². The van der Waals surface area contributed by atoms with Crippen LogP contribution in [0.3, 0.4) is 0 Å². The van der Waals surface area contributed by atoms with Gasteiger partial charge in [-0.05, 0) is 127 Å². The summed E-state index contributed by atoms with van der Waals surface area (Å²) >= 11 is 3.77. The summed E-state index contributed by atoms with van der Waals surface area (Å²) in [4.78, 5) is 31.3. The molecule has 554 valence electrons. The molecule has 0 aliphatic carbocycles. The number of benzene rings is 18. The van der Waals surface area contributed by atoms with E-state index in [1.807, 2.05) is 95.5 Å². The van der Waals surface area contributed by atoms with Crippen LogP contribution in [-0.4, -0.2) is 39.0 Å². The van der Waals surface area contributed by atoms with Gasteiger partial charge in [-0.3, -0.25) is 0 Å². The van der Waals surface area contributed by atoms with Crippen molar-refractivity contribution in [3.63, 3.8) is 0 Å². The van der Waals surface area contributed by atoms with Gasteiger partial charge >= 0.3 is 0 Å². The zero-order valence-corrected chi connectivity index (χ0v) is 65.4. The highest BCUT2D eigenvalue weighted by molar-refractivity contribution is 7.27. The fourth-order valence-corrected chi connectivity index (χ4v) is 20.9. The number of hydrogen-bond donors (Lipinski definition) is 0. The Bertz CT molecular complexity index is 8400. The Kier molecular flexibility index (Phi) is 15.8. The molecule has 0 unspecified atom stereocenters. The standard InChI is InChI=1S/C57H34N4S.C51H30N4OS/c1-3-16-35(17-4-1)38-26-15-27-44-45-32-33-51-52(54(45)62-53(38)44)46-24-11-13-28-49(46)61(51)50-29-14-12-25-47(50)57-59-55(36-18-5-2-6-19-36)58-56(60-57)37-30-31-43-41-22-8-7-20-39(41)40-21-9-10-23-42(40)48(43)34-37;1-3-14-31(15-4-1)34-21-13-22-37-38-28-29-43-46(48(38)57-47(34)37)39-19-7-10-23-41(39)55(43)42-24-11-8-20-40(42)51-53-49(32-16-5-2-6-17-32)52-50(54-51)33-26-27-36-35-18-9-12-25-44(35)56-45(36)30-33/h1-34H;1-30H. The lowest BCUT2D eigenvalue weighted by atomic mass is 9.93. The summed E-state index contributed by atoms with van der Waals surface area (Å²) in [6, 6.07) is 137. The Morgan fingerprint density at radius 2 is 0.504 bits per heavy atom. The largest absolute Gasteiger partial charge is 0.456 e. The summed E-state index contributed by atoms with van der Waals surface area (Å²) < 4.78 is 16.3. The van der Waals surface area contributed by atoms with Gasteiger partial charge in [0.25, 0.3) is 0 Å². The summed E-state index contributed by atoms with van der Waals surface area (Å²) in [7, 11) is 0. The van der Waals surface area contributed by atoms with Gasteiger partial charge in [-0.2, -0.15) is 0 Å². The predicted molar refractivity (Wildman–Crippen MR) is 497 cm³/mol. The van der Waals surface area contributed by atoms with Crippen molar-refractivity contribution in [3.05, 3.63) is 388 Å². The smallest absolute Gasteiger partial charge is 0.166 e. The molecule has 7 aromatic heterocycles. The van der Waals surface area contributed by atoms with E-state index >= 15 is 0 Å². The topological polar surface area (TPSA) is 100 Å². The number of aromatic nitrogens is 8. The average Bonchev–Trinajstić information content (AvgIpc) is 1.58. The van der Waals surface area contributed by atoms with Gasteiger partial charge in [-0.25, -0.2) is 29.9 Å². The predicted octanol–water partition coefficient (Wildman–Crippen LogP) is 29.4. The SMILES string of the molecule is c1ccc(-c2nc(-c3ccc4c(c3)oc3ccccc34)nc(-c3ccccc3-n3c4ccccc4c4c5sc6c(-c7ccccc7)cccc6c5ccc43)n2)cc1.c1ccc(-c2nc(-c3ccc4c5ccccc5c5ccccc5c4c3)nc(-c3ccccc3-n3c4ccccc4c4c5sc6c(-c7ccccc7)cccc6c5ccc43)n2)cc1. The van der Waals surface area contributed by atoms with E-state index in [2.05, 4.69) is 325 Å². The molecule has 0 saturated heterocycles. The highest BCUT2D eigenvalue weighted by Gasteiger charge is 2.26. The number of rotatable bonds is 10. The molecule has 25 rings (SSSR count). The second-order valence-electron chi connectivity index (χ2n) is 30.2. The quantitative estimate of drug-likeness (QED) is 0.126. The van der Waals surface area contributed by atoms with Gasteiger partial charge < -0.3 is 13.6 Å². The first-order chi connectivity index (χ1) is 59.0. The fourth-order valence-electron chi connectivity index (χ4n) is 18.1. The molecule has 25 aromatic rings. The molecule has 0 aliphatic rings. The number of fused-ring (bicyclic) bond motifs is 23. The Morgan fingerprint density at radius 3 is 0.983 bits per heavy atom. The normalized spacial score (nSPS) is 11.9. The Morgan fingerprint density at radius 1 is 0.185 bits per heavy atom. The van der Waals surface area contributed by atoms with Crippen LogP contribution in [0.2, 0.25) is 0 Å². The first-order valence-corrected chi connectivity index (χ1v) is 41.6. The summed E-state index contributed by atoms with van der Waals surface area (Å²) in [5.74, 6) is 3.67. The number of hydrogen-bond acceptors (Lipinski definition) is 9. The van der Waals surface area contributed by atoms with E-state index in [1.54, 1.807) is 0 Å². The summed E-state index contributed by atoms with van der Waals surface area (Å²) in [6.07, 6.45) is 0. The van der Waals surface area contributed by atoms with E-state index in [4.69, 9.17) is 34.3 Å². The minimum absolute atomic E-state index is 0.583. The lowest BCUT2D eigenvalue weighted by Crippen LogP contribution is -2.03. The monoisotopic (exact) mass is 1550 g/mol. The molecule has 7 heterocycles. The number of furan rings is 1. The van der Waals surface area contributed by atoms with Crippen LogP contribution in [0, 0.1) is 0 Å². The van der Waals surface area contributed by atoms with Crippen LogP contribution >= 0.6 is 22.7 Å². The van der Waals surface area contributed by atoms with Crippen molar-refractivity contribution in [3.8, 4) is 102 Å². The van der Waals surface area contributed by atoms with E-state index in [9.17, 15) is 0 Å². The molecule has 18 aromatic carbocycles. The average molecular weight is 1550 g/mol. The maximum absolute atomic E-state index is 6.30. The molecule has 0 aliphatic heterocycles. The lowest BCUT2D eigenvalue weighted by Gasteiger charge is -2.15. The van der Waals surface area contributed by atoms with Crippen molar-refractivity contribution < 1.29 is 4.42 Å². The van der Waals surface area contributed by atoms with E-state index < -0.39 is 0 Å². The minimum atomic E-state index is 0.583. The summed E-state index contributed by atoms with van der Waals surface area (Å²) in [5, 5.41) is 19.5. The third-order valence-electron chi connectivity index (χ3n) is 23.5. The molecular weight excluding hydrogens is 1490 g/mol. The van der Waals surface area contributed by atoms with E-state index in [1.165, 1.54) is 116 Å². The zero-order chi connectivity index (χ0) is 78.2. The molecule has 0 radical (unpaired) electrons. The lowest BCUT2D eigenvalue weighted by molar-refractivity contribution is 0.669. The molecule has 0 saturated carbocycles. The van der Waals surface area contributed by atoms with Crippen molar-refractivity contribution in [2.24, 2.45) is 0 Å². The molecule has 0 fully saturated rings. The molecule has 11 heteroatoms. The third-order valence-corrected chi connectivity index (χ3v) is 26.1. The van der Waals surface area contributed by atoms with E-state index in [0.717, 1.165) is 88.8 Å². The molecule has 119 heavy (non-hydrogen) atoms. The van der Waals surface area contributed by atoms with Crippen molar-refractivity contribution >= 4 is 161 Å². The minimum Gasteiger partial charge on any atom is -0.456 e. The second kappa shape index (κ2) is 27.7. The van der Waals surface area contributed by atoms with Crippen LogP contribution in [0.5, 0.6) is 0 Å². The fraction of sp³-hybridized carbons (Fsp3) is 0. The Balaban J connectivity index is 0.000000136. The summed E-state index contributed by atoms with van der Waals surface area (Å²) in [5.41, 5.74) is 18.7. The first-order valence-electron chi connectivity index (χ1n) is 40.0. The van der Waals surface area contributed by atoms with Crippen molar-refractivity contribution in [1.29, 1.82) is 0 Å². The van der Waals surface area contributed by atoms with Crippen LogP contribution in [0.15, 0.2) is 393 Å². The molecule has 0 N–H and O–H groups in total. The van der Waals surface area contributed by atoms with Gasteiger partial charge in [0.05, 0.1) is 33.4 Å². The molecular formula is C108H64N8OS2. The highest BCUT2D eigenvalue weighted by Crippen LogP contribution is 2.50. The van der Waals surface area contributed by atoms with Crippen LogP contribution in [0.4, 0.5) is 0 Å². The van der Waals surface area contributed by atoms with Crippen LogP contribution in [-0.2, 0) is 0 Å². The zero-order valence-electron chi connectivity index (χ0n) is 63.8. The second-order valence-corrected chi connectivity index (χ2v) is 32.3. The Labute approximate surface area is 689 Å². The molecule has 0 atom stereocenters. The molecule has 9 nitrogen and oxygen atoms in total. The van der Waals surface area contributed by atoms with Crippen molar-refractivity contribution in [2.45, 2.75) is 0 Å². The maximum atomic E-state index is 6.30. The number of nitrogens with zero attached hydrogens (tertiary/aromatic N) is 8. The van der Waals surface area contributed by atoms with E-state index in [0.29, 0.717) is 34.9 Å². The van der Waals surface area contributed by atoms with E-state index in [-0.39, 0.29) is 0 Å². The highest BCUT2D eigenvalue weighted by atomic mass is 32.1. The van der Waals surface area contributed by atoms with Crippen LogP contribution in [0.1, 0.15) is 0 Å². The van der Waals surface area contributed by atoms with Gasteiger partial charge in [0.15, 0.2) is 34.9 Å². The van der Waals surface area contributed by atoms with Gasteiger partial charge in [-0.1, -0.05) is 315 Å².